The van der Waals surface area contributed by atoms with Gasteiger partial charge in [0.1, 0.15) is 11.6 Å². The fraction of sp³-hybridized carbons (Fsp3) is 0.333. The van der Waals surface area contributed by atoms with E-state index in [1.165, 1.54) is 11.9 Å². The molecule has 0 aliphatic heterocycles. The number of hydrogen-bond donors (Lipinski definition) is 1. The number of nitrogens with zero attached hydrogens (tertiary/aromatic N) is 1. The topological polar surface area (TPSA) is 57.6 Å². The van der Waals surface area contributed by atoms with Crippen molar-refractivity contribution in [3.63, 3.8) is 0 Å². The van der Waals surface area contributed by atoms with Crippen molar-refractivity contribution >= 4 is 11.9 Å². The van der Waals surface area contributed by atoms with Crippen LogP contribution in [0.3, 0.4) is 0 Å². The normalized spacial score (nSPS) is 10.2. The maximum absolute atomic E-state index is 12.9. The largest absolute Gasteiger partial charge is 0.481 e. The Morgan fingerprint density at radius 2 is 1.78 bits per heavy atom. The maximum atomic E-state index is 12.9. The molecule has 0 spiro atoms. The van der Waals surface area contributed by atoms with Crippen LogP contribution in [0.15, 0.2) is 18.2 Å². The lowest BCUT2D eigenvalue weighted by Crippen LogP contribution is -2.28. The van der Waals surface area contributed by atoms with E-state index in [1.54, 1.807) is 0 Å². The number of carbonyl (C=O) groups is 2. The lowest BCUT2D eigenvalue weighted by Gasteiger charge is -2.16. The Kier molecular flexibility index (Phi) is 4.76. The molecule has 0 saturated heterocycles. The highest BCUT2D eigenvalue weighted by atomic mass is 19.1. The van der Waals surface area contributed by atoms with Crippen molar-refractivity contribution in [2.45, 2.75) is 12.8 Å². The van der Waals surface area contributed by atoms with Crippen LogP contribution in [0.25, 0.3) is 0 Å². The van der Waals surface area contributed by atoms with Crippen molar-refractivity contribution in [1.82, 2.24) is 4.90 Å². The second-order valence-corrected chi connectivity index (χ2v) is 3.88. The fourth-order valence-electron chi connectivity index (χ4n) is 1.47. The van der Waals surface area contributed by atoms with Gasteiger partial charge in [-0.1, -0.05) is 0 Å². The van der Waals surface area contributed by atoms with Crippen molar-refractivity contribution < 1.29 is 23.5 Å². The van der Waals surface area contributed by atoms with Gasteiger partial charge in [-0.2, -0.15) is 0 Å². The number of carbonyl (C=O) groups excluding carboxylic acids is 1. The van der Waals surface area contributed by atoms with Crippen LogP contribution in [-0.4, -0.2) is 35.5 Å². The van der Waals surface area contributed by atoms with E-state index in [9.17, 15) is 18.4 Å². The van der Waals surface area contributed by atoms with Crippen LogP contribution in [-0.2, 0) is 4.79 Å². The van der Waals surface area contributed by atoms with Crippen molar-refractivity contribution in [3.8, 4) is 0 Å². The summed E-state index contributed by atoms with van der Waals surface area (Å²) in [4.78, 5) is 23.3. The molecule has 6 heteroatoms. The smallest absolute Gasteiger partial charge is 0.303 e. The first-order chi connectivity index (χ1) is 8.40. The fourth-order valence-corrected chi connectivity index (χ4v) is 1.47. The summed E-state index contributed by atoms with van der Waals surface area (Å²) in [5, 5.41) is 8.45. The summed E-state index contributed by atoms with van der Waals surface area (Å²) in [5.74, 6) is -3.14. The van der Waals surface area contributed by atoms with Crippen LogP contribution in [0.2, 0.25) is 0 Å². The SMILES string of the molecule is CN(CCCC(=O)O)C(=O)c1cc(F)cc(F)c1. The van der Waals surface area contributed by atoms with Gasteiger partial charge in [-0.15, -0.1) is 0 Å². The number of hydrogen-bond acceptors (Lipinski definition) is 2. The minimum atomic E-state index is -0.951. The number of carboxylic acid groups (broad SMARTS) is 1. The van der Waals surface area contributed by atoms with Gasteiger partial charge in [-0.3, -0.25) is 9.59 Å². The highest BCUT2D eigenvalue weighted by molar-refractivity contribution is 5.94. The molecule has 1 aromatic carbocycles. The Balaban J connectivity index is 2.65. The summed E-state index contributed by atoms with van der Waals surface area (Å²) in [6.07, 6.45) is 0.227. The summed E-state index contributed by atoms with van der Waals surface area (Å²) in [7, 11) is 1.45. The summed E-state index contributed by atoms with van der Waals surface area (Å²) < 4.78 is 25.8. The average molecular weight is 257 g/mol. The third-order valence-corrected chi connectivity index (χ3v) is 2.34. The Morgan fingerprint density at radius 1 is 1.22 bits per heavy atom. The molecular formula is C12H13F2NO3. The molecule has 18 heavy (non-hydrogen) atoms. The first-order valence-electron chi connectivity index (χ1n) is 5.33. The molecule has 0 radical (unpaired) electrons. The van der Waals surface area contributed by atoms with E-state index < -0.39 is 23.5 Å². The second-order valence-electron chi connectivity index (χ2n) is 3.88. The Morgan fingerprint density at radius 3 is 2.28 bits per heavy atom. The molecule has 0 aromatic heterocycles. The summed E-state index contributed by atoms with van der Waals surface area (Å²) in [6, 6.07) is 2.57. The molecule has 0 atom stereocenters. The second kappa shape index (κ2) is 6.09. The molecule has 0 heterocycles. The van der Waals surface area contributed by atoms with Crippen molar-refractivity contribution in [2.24, 2.45) is 0 Å². The number of benzene rings is 1. The molecule has 4 nitrogen and oxygen atoms in total. The zero-order valence-electron chi connectivity index (χ0n) is 9.82. The van der Waals surface area contributed by atoms with Crippen LogP contribution in [0.4, 0.5) is 8.78 Å². The van der Waals surface area contributed by atoms with E-state index in [1.807, 2.05) is 0 Å². The molecule has 0 aliphatic carbocycles. The van der Waals surface area contributed by atoms with Crippen LogP contribution in [0.5, 0.6) is 0 Å². The van der Waals surface area contributed by atoms with Gasteiger partial charge in [0.05, 0.1) is 0 Å². The minimum absolute atomic E-state index is 0.0604. The van der Waals surface area contributed by atoms with Gasteiger partial charge >= 0.3 is 5.97 Å². The third kappa shape index (κ3) is 4.12. The Hall–Kier alpha value is -1.98. The number of halogens is 2. The molecule has 1 N–H and O–H groups in total. The van der Waals surface area contributed by atoms with Crippen LogP contribution in [0, 0.1) is 11.6 Å². The molecule has 1 amide bonds. The van der Waals surface area contributed by atoms with Crippen LogP contribution in [0.1, 0.15) is 23.2 Å². The summed E-state index contributed by atoms with van der Waals surface area (Å²) in [6.45, 7) is 0.212. The summed E-state index contributed by atoms with van der Waals surface area (Å²) >= 11 is 0. The Labute approximate surface area is 103 Å². The lowest BCUT2D eigenvalue weighted by atomic mass is 10.2. The third-order valence-electron chi connectivity index (χ3n) is 2.34. The van der Waals surface area contributed by atoms with Gasteiger partial charge in [0.2, 0.25) is 0 Å². The monoisotopic (exact) mass is 257 g/mol. The molecule has 0 bridgehead atoms. The molecular weight excluding hydrogens is 244 g/mol. The van der Waals surface area contributed by atoms with E-state index in [0.29, 0.717) is 6.07 Å². The van der Waals surface area contributed by atoms with Crippen molar-refractivity contribution in [1.29, 1.82) is 0 Å². The number of carboxylic acids is 1. The zero-order chi connectivity index (χ0) is 13.7. The minimum Gasteiger partial charge on any atom is -0.481 e. The maximum Gasteiger partial charge on any atom is 0.303 e. The molecule has 0 saturated carbocycles. The van der Waals surface area contributed by atoms with Gasteiger partial charge in [0.15, 0.2) is 0 Å². The predicted molar refractivity (Wildman–Crippen MR) is 60.2 cm³/mol. The van der Waals surface area contributed by atoms with E-state index in [-0.39, 0.29) is 24.9 Å². The molecule has 0 unspecified atom stereocenters. The number of rotatable bonds is 5. The first-order valence-corrected chi connectivity index (χ1v) is 5.33. The molecule has 0 aliphatic rings. The van der Waals surface area contributed by atoms with Crippen LogP contribution < -0.4 is 0 Å². The first kappa shape index (κ1) is 14.1. The van der Waals surface area contributed by atoms with Gasteiger partial charge in [-0.05, 0) is 18.6 Å². The molecule has 1 aromatic rings. The van der Waals surface area contributed by atoms with E-state index in [4.69, 9.17) is 5.11 Å². The highest BCUT2D eigenvalue weighted by Gasteiger charge is 2.14. The summed E-state index contributed by atoms with van der Waals surface area (Å²) in [5.41, 5.74) is -0.0923. The molecule has 1 rings (SSSR count). The predicted octanol–water partition coefficient (Wildman–Crippen LogP) is 1.90. The average Bonchev–Trinajstić information content (AvgIpc) is 2.26. The van der Waals surface area contributed by atoms with Gasteiger partial charge in [0.25, 0.3) is 5.91 Å². The quantitative estimate of drug-likeness (QED) is 0.876. The van der Waals surface area contributed by atoms with Gasteiger partial charge < -0.3 is 10.0 Å². The van der Waals surface area contributed by atoms with Gasteiger partial charge in [0, 0.05) is 31.6 Å². The van der Waals surface area contributed by atoms with E-state index >= 15 is 0 Å². The Bertz CT molecular complexity index is 442. The number of amides is 1. The van der Waals surface area contributed by atoms with Gasteiger partial charge in [-0.25, -0.2) is 8.78 Å². The standard InChI is InChI=1S/C12H13F2NO3/c1-15(4-2-3-11(16)17)12(18)8-5-9(13)7-10(14)6-8/h5-7H,2-4H2,1H3,(H,16,17). The number of aliphatic carboxylic acids is 1. The zero-order valence-corrected chi connectivity index (χ0v) is 9.82. The van der Waals surface area contributed by atoms with Crippen molar-refractivity contribution in [2.75, 3.05) is 13.6 Å². The van der Waals surface area contributed by atoms with Crippen LogP contribution >= 0.6 is 0 Å². The highest BCUT2D eigenvalue weighted by Crippen LogP contribution is 2.10. The lowest BCUT2D eigenvalue weighted by molar-refractivity contribution is -0.137. The molecule has 98 valence electrons. The molecule has 0 fully saturated rings. The van der Waals surface area contributed by atoms with Crippen molar-refractivity contribution in [3.05, 3.63) is 35.4 Å². The van der Waals surface area contributed by atoms with E-state index in [2.05, 4.69) is 0 Å². The van der Waals surface area contributed by atoms with E-state index in [0.717, 1.165) is 12.1 Å².